The molecule has 4 nitrogen and oxygen atoms in total. The summed E-state index contributed by atoms with van der Waals surface area (Å²) < 4.78 is 0. The Labute approximate surface area is 145 Å². The molecule has 0 aromatic heterocycles. The van der Waals surface area contributed by atoms with Crippen LogP contribution in [0.3, 0.4) is 0 Å². The molecule has 0 aliphatic rings. The highest BCUT2D eigenvalue weighted by Gasteiger charge is 2.03. The molecule has 2 rings (SSSR count). The molecule has 0 aliphatic carbocycles. The molecule has 0 atom stereocenters. The molecule has 3 N–H and O–H groups in total. The summed E-state index contributed by atoms with van der Waals surface area (Å²) in [6.45, 7) is 1.95. The van der Waals surface area contributed by atoms with Gasteiger partial charge in [0.25, 0.3) is 5.91 Å². The number of hydrogen-bond donors (Lipinski definition) is 3. The van der Waals surface area contributed by atoms with Gasteiger partial charge < -0.3 is 5.32 Å². The van der Waals surface area contributed by atoms with Gasteiger partial charge in [0, 0.05) is 6.08 Å². The number of carbonyl (C=O) groups is 1. The van der Waals surface area contributed by atoms with E-state index in [-0.39, 0.29) is 11.0 Å². The number of thiocarbonyl (C=S) groups is 1. The van der Waals surface area contributed by atoms with Crippen LogP contribution in [0.2, 0.25) is 5.02 Å². The van der Waals surface area contributed by atoms with Gasteiger partial charge in [-0.1, -0.05) is 48.0 Å². The molecule has 0 unspecified atom stereocenters. The van der Waals surface area contributed by atoms with E-state index in [1.165, 1.54) is 6.08 Å². The molecular formula is C17H16ClN3OS. The average Bonchev–Trinajstić information content (AvgIpc) is 2.54. The van der Waals surface area contributed by atoms with Crippen molar-refractivity contribution >= 4 is 46.6 Å². The zero-order chi connectivity index (χ0) is 16.7. The Kier molecular flexibility index (Phi) is 6.14. The first-order valence-corrected chi connectivity index (χ1v) is 7.69. The van der Waals surface area contributed by atoms with Crippen LogP contribution in [0.4, 0.5) is 5.69 Å². The number of carbonyl (C=O) groups excluding carboxylic acids is 1. The van der Waals surface area contributed by atoms with E-state index in [9.17, 15) is 4.79 Å². The van der Waals surface area contributed by atoms with Crippen molar-refractivity contribution in [3.8, 4) is 0 Å². The van der Waals surface area contributed by atoms with E-state index < -0.39 is 0 Å². The van der Waals surface area contributed by atoms with Crippen LogP contribution < -0.4 is 16.2 Å². The lowest BCUT2D eigenvalue weighted by molar-refractivity contribution is -0.116. The minimum absolute atomic E-state index is 0.247. The third-order valence-corrected chi connectivity index (χ3v) is 3.42. The number of hydrazine groups is 1. The van der Waals surface area contributed by atoms with Crippen molar-refractivity contribution in [1.29, 1.82) is 0 Å². The molecular weight excluding hydrogens is 330 g/mol. The van der Waals surface area contributed by atoms with Gasteiger partial charge in [-0.2, -0.15) is 0 Å². The first kappa shape index (κ1) is 17.0. The third-order valence-electron chi connectivity index (χ3n) is 2.90. The second kappa shape index (κ2) is 8.31. The van der Waals surface area contributed by atoms with Crippen molar-refractivity contribution in [3.05, 3.63) is 70.8 Å². The van der Waals surface area contributed by atoms with Crippen LogP contribution in [0.5, 0.6) is 0 Å². The van der Waals surface area contributed by atoms with Crippen LogP contribution in [0.1, 0.15) is 11.1 Å². The van der Waals surface area contributed by atoms with Crippen LogP contribution in [0.25, 0.3) is 6.08 Å². The fraction of sp³-hybridized carbons (Fsp3) is 0.0588. The molecule has 0 aliphatic heterocycles. The van der Waals surface area contributed by atoms with Crippen molar-refractivity contribution < 1.29 is 4.79 Å². The quantitative estimate of drug-likeness (QED) is 0.451. The maximum atomic E-state index is 11.7. The van der Waals surface area contributed by atoms with Crippen molar-refractivity contribution in [2.75, 3.05) is 5.32 Å². The van der Waals surface area contributed by atoms with Crippen molar-refractivity contribution in [3.63, 3.8) is 0 Å². The van der Waals surface area contributed by atoms with Crippen molar-refractivity contribution in [1.82, 2.24) is 10.9 Å². The molecule has 23 heavy (non-hydrogen) atoms. The first-order chi connectivity index (χ1) is 11.0. The number of benzene rings is 2. The highest BCUT2D eigenvalue weighted by atomic mass is 35.5. The predicted octanol–water partition coefficient (Wildman–Crippen LogP) is 3.68. The molecule has 1 amide bonds. The van der Waals surface area contributed by atoms with E-state index in [4.69, 9.17) is 23.8 Å². The zero-order valence-electron chi connectivity index (χ0n) is 12.5. The number of amides is 1. The number of halogens is 1. The van der Waals surface area contributed by atoms with Gasteiger partial charge in [0.1, 0.15) is 0 Å². The van der Waals surface area contributed by atoms with Crippen molar-refractivity contribution in [2.45, 2.75) is 6.92 Å². The Morgan fingerprint density at radius 2 is 1.87 bits per heavy atom. The summed E-state index contributed by atoms with van der Waals surface area (Å²) in [5.41, 5.74) is 7.77. The maximum Gasteiger partial charge on any atom is 0.262 e. The Morgan fingerprint density at radius 3 is 2.57 bits per heavy atom. The molecule has 0 radical (unpaired) electrons. The topological polar surface area (TPSA) is 53.2 Å². The fourth-order valence-electron chi connectivity index (χ4n) is 1.77. The van der Waals surface area contributed by atoms with Gasteiger partial charge in [0.05, 0.1) is 10.7 Å². The molecule has 118 valence electrons. The van der Waals surface area contributed by atoms with E-state index in [0.29, 0.717) is 10.7 Å². The first-order valence-electron chi connectivity index (χ1n) is 6.91. The Balaban J connectivity index is 1.82. The normalized spacial score (nSPS) is 10.3. The zero-order valence-corrected chi connectivity index (χ0v) is 14.0. The monoisotopic (exact) mass is 345 g/mol. The highest BCUT2D eigenvalue weighted by Crippen LogP contribution is 2.22. The number of aryl methyl sites for hydroxylation is 1. The predicted molar refractivity (Wildman–Crippen MR) is 99.2 cm³/mol. The molecule has 6 heteroatoms. The Hall–Kier alpha value is -2.37. The highest BCUT2D eigenvalue weighted by molar-refractivity contribution is 7.80. The summed E-state index contributed by atoms with van der Waals surface area (Å²) in [6, 6.07) is 15.1. The van der Waals surface area contributed by atoms with Gasteiger partial charge in [0.2, 0.25) is 0 Å². The molecule has 2 aromatic rings. The molecule has 0 spiro atoms. The van der Waals surface area contributed by atoms with E-state index in [1.807, 2.05) is 55.5 Å². The maximum absolute atomic E-state index is 11.7. The smallest absolute Gasteiger partial charge is 0.262 e. The minimum atomic E-state index is -0.312. The van der Waals surface area contributed by atoms with Crippen molar-refractivity contribution in [2.24, 2.45) is 0 Å². The molecule has 2 aromatic carbocycles. The van der Waals surface area contributed by atoms with E-state index >= 15 is 0 Å². The summed E-state index contributed by atoms with van der Waals surface area (Å²) in [5, 5.41) is 3.72. The lowest BCUT2D eigenvalue weighted by Gasteiger charge is -2.12. The summed E-state index contributed by atoms with van der Waals surface area (Å²) in [7, 11) is 0. The van der Waals surface area contributed by atoms with Gasteiger partial charge in [0.15, 0.2) is 5.11 Å². The second-order valence-electron chi connectivity index (χ2n) is 4.80. The van der Waals surface area contributed by atoms with Gasteiger partial charge in [-0.25, -0.2) is 0 Å². The molecule has 0 bridgehead atoms. The van der Waals surface area contributed by atoms with Gasteiger partial charge in [-0.15, -0.1) is 0 Å². The van der Waals surface area contributed by atoms with Crippen LogP contribution in [0.15, 0.2) is 54.6 Å². The van der Waals surface area contributed by atoms with Crippen LogP contribution in [-0.4, -0.2) is 11.0 Å². The van der Waals surface area contributed by atoms with Gasteiger partial charge in [-0.3, -0.25) is 15.6 Å². The van der Waals surface area contributed by atoms with E-state index in [0.717, 1.165) is 11.1 Å². The molecule has 0 fully saturated rings. The van der Waals surface area contributed by atoms with Gasteiger partial charge >= 0.3 is 0 Å². The number of hydrogen-bond acceptors (Lipinski definition) is 2. The Morgan fingerprint density at radius 1 is 1.13 bits per heavy atom. The van der Waals surface area contributed by atoms with Crippen LogP contribution in [-0.2, 0) is 4.79 Å². The number of anilines is 1. The number of rotatable bonds is 3. The summed E-state index contributed by atoms with van der Waals surface area (Å²) in [5.74, 6) is -0.312. The minimum Gasteiger partial charge on any atom is -0.330 e. The fourth-order valence-corrected chi connectivity index (χ4v) is 2.21. The molecule has 0 saturated carbocycles. The standard InChI is InChI=1S/C17H16ClN3OS/c1-12-7-9-15(14(18)11-12)19-17(23)21-20-16(22)10-8-13-5-3-2-4-6-13/h2-11H,1H3,(H,20,22)(H2,19,21,23)/b10-8+. The third kappa shape index (κ3) is 5.73. The SMILES string of the molecule is Cc1ccc(NC(=S)NNC(=O)/C=C/c2ccccc2)c(Cl)c1. The Bertz CT molecular complexity index is 732. The lowest BCUT2D eigenvalue weighted by atomic mass is 10.2. The molecule has 0 saturated heterocycles. The summed E-state index contributed by atoms with van der Waals surface area (Å²) in [4.78, 5) is 11.7. The average molecular weight is 346 g/mol. The van der Waals surface area contributed by atoms with Crippen LogP contribution >= 0.6 is 23.8 Å². The lowest BCUT2D eigenvalue weighted by Crippen LogP contribution is -2.43. The summed E-state index contributed by atoms with van der Waals surface area (Å²) in [6.07, 6.45) is 3.13. The summed E-state index contributed by atoms with van der Waals surface area (Å²) >= 11 is 11.2. The van der Waals surface area contributed by atoms with Gasteiger partial charge in [-0.05, 0) is 48.5 Å². The van der Waals surface area contributed by atoms with E-state index in [1.54, 1.807) is 6.08 Å². The van der Waals surface area contributed by atoms with E-state index in [2.05, 4.69) is 16.2 Å². The molecule has 0 heterocycles. The van der Waals surface area contributed by atoms with Crippen LogP contribution in [0, 0.1) is 6.92 Å². The largest absolute Gasteiger partial charge is 0.330 e. The number of nitrogens with one attached hydrogen (secondary N) is 3. The second-order valence-corrected chi connectivity index (χ2v) is 5.61.